The highest BCUT2D eigenvalue weighted by Gasteiger charge is 2.15. The van der Waals surface area contributed by atoms with Gasteiger partial charge in [-0.2, -0.15) is 0 Å². The summed E-state index contributed by atoms with van der Waals surface area (Å²) in [6, 6.07) is 0. The van der Waals surface area contributed by atoms with Gasteiger partial charge < -0.3 is 9.64 Å². The topological polar surface area (TPSA) is 60.2 Å². The summed E-state index contributed by atoms with van der Waals surface area (Å²) in [6.45, 7) is 3.29. The normalized spacial score (nSPS) is 19.3. The van der Waals surface area contributed by atoms with Crippen molar-refractivity contribution in [3.63, 3.8) is 0 Å². The number of hydrogen-bond acceptors (Lipinski definition) is 3. The fourth-order valence-corrected chi connectivity index (χ4v) is 0.908. The van der Waals surface area contributed by atoms with Crippen LogP contribution in [0.15, 0.2) is 0 Å². The van der Waals surface area contributed by atoms with Gasteiger partial charge in [0.25, 0.3) is 0 Å². The molecular formula is C6H11N3O. The molecule has 4 nitrogen and oxygen atoms in total. The van der Waals surface area contributed by atoms with Crippen LogP contribution >= 0.6 is 0 Å². The number of ether oxygens (including phenoxy) is 1. The molecular weight excluding hydrogens is 130 g/mol. The van der Waals surface area contributed by atoms with E-state index in [0.717, 1.165) is 0 Å². The molecule has 0 aromatic heterocycles. The highest BCUT2D eigenvalue weighted by atomic mass is 16.5. The van der Waals surface area contributed by atoms with Crippen molar-refractivity contribution >= 4 is 11.7 Å². The van der Waals surface area contributed by atoms with Crippen molar-refractivity contribution in [1.29, 1.82) is 10.8 Å². The number of nitrogens with zero attached hydrogens (tertiary/aromatic N) is 1. The molecule has 4 heteroatoms. The molecule has 1 aliphatic heterocycles. The van der Waals surface area contributed by atoms with E-state index in [1.54, 1.807) is 11.8 Å². The second-order valence-electron chi connectivity index (χ2n) is 2.24. The zero-order valence-electron chi connectivity index (χ0n) is 5.98. The van der Waals surface area contributed by atoms with E-state index in [4.69, 9.17) is 15.6 Å². The third kappa shape index (κ3) is 1.33. The van der Waals surface area contributed by atoms with E-state index in [2.05, 4.69) is 0 Å². The Morgan fingerprint density at radius 1 is 1.70 bits per heavy atom. The summed E-state index contributed by atoms with van der Waals surface area (Å²) in [7, 11) is 0. The van der Waals surface area contributed by atoms with Crippen molar-refractivity contribution in [3.8, 4) is 0 Å². The molecule has 0 aromatic rings. The molecule has 56 valence electrons. The van der Waals surface area contributed by atoms with Gasteiger partial charge in [0.15, 0.2) is 0 Å². The van der Waals surface area contributed by atoms with E-state index < -0.39 is 0 Å². The largest absolute Gasteiger partial charge is 0.372 e. The highest BCUT2D eigenvalue weighted by molar-refractivity contribution is 5.97. The van der Waals surface area contributed by atoms with Crippen molar-refractivity contribution in [2.24, 2.45) is 0 Å². The summed E-state index contributed by atoms with van der Waals surface area (Å²) in [5.74, 6) is 0.812. The molecule has 0 aliphatic carbocycles. The molecule has 0 bridgehead atoms. The lowest BCUT2D eigenvalue weighted by Crippen LogP contribution is -2.43. The maximum absolute atomic E-state index is 7.34. The van der Waals surface area contributed by atoms with E-state index >= 15 is 0 Å². The summed E-state index contributed by atoms with van der Waals surface area (Å²) in [5.41, 5.74) is 0. The third-order valence-electron chi connectivity index (χ3n) is 1.43. The fourth-order valence-electron chi connectivity index (χ4n) is 0.908. The average molecular weight is 141 g/mol. The van der Waals surface area contributed by atoms with Gasteiger partial charge in [-0.1, -0.05) is 0 Å². The maximum atomic E-state index is 7.34. The van der Waals surface area contributed by atoms with Crippen molar-refractivity contribution in [2.45, 2.75) is 6.92 Å². The molecule has 1 saturated heterocycles. The molecule has 0 aromatic carbocycles. The lowest BCUT2D eigenvalue weighted by molar-refractivity contribution is 0.134. The zero-order valence-corrected chi connectivity index (χ0v) is 5.98. The summed E-state index contributed by atoms with van der Waals surface area (Å²) >= 11 is 0. The van der Waals surface area contributed by atoms with E-state index in [9.17, 15) is 0 Å². The fraction of sp³-hybridized carbons (Fsp3) is 0.667. The van der Waals surface area contributed by atoms with Crippen LogP contribution in [-0.4, -0.2) is 36.3 Å². The summed E-state index contributed by atoms with van der Waals surface area (Å²) < 4.78 is 5.00. The Kier molecular flexibility index (Phi) is 2.01. The highest BCUT2D eigenvalue weighted by Crippen LogP contribution is 1.98. The molecule has 0 atom stereocenters. The standard InChI is InChI=1S/C6H11N3O/c1-5(7)9-2-3-10-4-6(9)8/h7-8H,2-4H2,1H3. The number of morpholine rings is 1. The van der Waals surface area contributed by atoms with E-state index in [-0.39, 0.29) is 0 Å². The molecule has 10 heavy (non-hydrogen) atoms. The van der Waals surface area contributed by atoms with Gasteiger partial charge in [-0.15, -0.1) is 0 Å². The smallest absolute Gasteiger partial charge is 0.128 e. The molecule has 1 fully saturated rings. The lowest BCUT2D eigenvalue weighted by atomic mass is 10.4. The number of rotatable bonds is 0. The Balaban J connectivity index is 2.56. The Hall–Kier alpha value is -0.900. The van der Waals surface area contributed by atoms with Crippen LogP contribution in [0.4, 0.5) is 0 Å². The third-order valence-corrected chi connectivity index (χ3v) is 1.43. The van der Waals surface area contributed by atoms with Crippen molar-refractivity contribution in [3.05, 3.63) is 0 Å². The average Bonchev–Trinajstić information content (AvgIpc) is 1.88. The van der Waals surface area contributed by atoms with Gasteiger partial charge in [-0.3, -0.25) is 10.8 Å². The summed E-state index contributed by atoms with van der Waals surface area (Å²) in [5, 5.41) is 14.6. The van der Waals surface area contributed by atoms with Crippen LogP contribution in [-0.2, 0) is 4.74 Å². The Morgan fingerprint density at radius 3 is 2.80 bits per heavy atom. The number of nitrogens with one attached hydrogen (secondary N) is 2. The van der Waals surface area contributed by atoms with Gasteiger partial charge in [-0.05, 0) is 6.92 Å². The molecule has 0 radical (unpaired) electrons. The minimum absolute atomic E-state index is 0.343. The quantitative estimate of drug-likeness (QED) is 0.376. The summed E-state index contributed by atoms with van der Waals surface area (Å²) in [4.78, 5) is 1.64. The first-order chi connectivity index (χ1) is 4.72. The van der Waals surface area contributed by atoms with Crippen LogP contribution in [0.25, 0.3) is 0 Å². The molecule has 1 aliphatic rings. The van der Waals surface area contributed by atoms with Gasteiger partial charge in [0.2, 0.25) is 0 Å². The first-order valence-electron chi connectivity index (χ1n) is 3.19. The molecule has 0 saturated carbocycles. The van der Waals surface area contributed by atoms with Gasteiger partial charge in [0.1, 0.15) is 12.4 Å². The summed E-state index contributed by atoms with van der Waals surface area (Å²) in [6.07, 6.45) is 0. The Bertz CT molecular complexity index is 166. The van der Waals surface area contributed by atoms with Crippen LogP contribution in [0, 0.1) is 10.8 Å². The molecule has 0 unspecified atom stereocenters. The first kappa shape index (κ1) is 7.21. The van der Waals surface area contributed by atoms with E-state index in [0.29, 0.717) is 31.4 Å². The van der Waals surface area contributed by atoms with Gasteiger partial charge in [0.05, 0.1) is 12.4 Å². The Labute approximate surface area is 59.8 Å². The van der Waals surface area contributed by atoms with Crippen molar-refractivity contribution < 1.29 is 4.74 Å². The second-order valence-corrected chi connectivity index (χ2v) is 2.24. The van der Waals surface area contributed by atoms with Crippen LogP contribution < -0.4 is 0 Å². The Morgan fingerprint density at radius 2 is 2.40 bits per heavy atom. The predicted octanol–water partition coefficient (Wildman–Crippen LogP) is 0.293. The first-order valence-corrected chi connectivity index (χ1v) is 3.19. The SMILES string of the molecule is CC(=N)N1CCOCC1=N. The molecule has 2 N–H and O–H groups in total. The van der Waals surface area contributed by atoms with Gasteiger partial charge in [0, 0.05) is 6.54 Å². The van der Waals surface area contributed by atoms with Gasteiger partial charge >= 0.3 is 0 Å². The van der Waals surface area contributed by atoms with Crippen LogP contribution in [0.5, 0.6) is 0 Å². The molecule has 0 amide bonds. The number of hydrogen-bond donors (Lipinski definition) is 2. The van der Waals surface area contributed by atoms with Crippen LogP contribution in [0.1, 0.15) is 6.92 Å². The maximum Gasteiger partial charge on any atom is 0.128 e. The van der Waals surface area contributed by atoms with Crippen LogP contribution in [0.3, 0.4) is 0 Å². The lowest BCUT2D eigenvalue weighted by Gasteiger charge is -2.27. The molecule has 1 rings (SSSR count). The minimum Gasteiger partial charge on any atom is -0.372 e. The van der Waals surface area contributed by atoms with Crippen molar-refractivity contribution in [2.75, 3.05) is 19.8 Å². The number of amidine groups is 2. The molecule has 0 spiro atoms. The van der Waals surface area contributed by atoms with Crippen LogP contribution in [0.2, 0.25) is 0 Å². The predicted molar refractivity (Wildman–Crippen MR) is 38.7 cm³/mol. The molecule has 1 heterocycles. The second kappa shape index (κ2) is 2.79. The van der Waals surface area contributed by atoms with E-state index in [1.165, 1.54) is 0 Å². The van der Waals surface area contributed by atoms with Gasteiger partial charge in [-0.25, -0.2) is 0 Å². The van der Waals surface area contributed by atoms with E-state index in [1.807, 2.05) is 0 Å². The minimum atomic E-state index is 0.343. The zero-order chi connectivity index (χ0) is 7.56. The van der Waals surface area contributed by atoms with Crippen molar-refractivity contribution in [1.82, 2.24) is 4.90 Å². The monoisotopic (exact) mass is 141 g/mol.